The van der Waals surface area contributed by atoms with Crippen molar-refractivity contribution in [3.05, 3.63) is 24.3 Å². The first-order chi connectivity index (χ1) is 13.0. The lowest BCUT2D eigenvalue weighted by atomic mass is 10.1. The van der Waals surface area contributed by atoms with Gasteiger partial charge in [0.15, 0.2) is 13.1 Å². The molecule has 0 spiro atoms. The van der Waals surface area contributed by atoms with Crippen molar-refractivity contribution < 1.29 is 24.1 Å². The van der Waals surface area contributed by atoms with Gasteiger partial charge in [-0.05, 0) is 52.0 Å². The molecule has 1 aromatic carbocycles. The number of benzene rings is 1. The summed E-state index contributed by atoms with van der Waals surface area (Å²) in [6.07, 6.45) is 0. The van der Waals surface area contributed by atoms with Crippen LogP contribution in [0.2, 0.25) is 0 Å². The van der Waals surface area contributed by atoms with Crippen LogP contribution < -0.4 is 26.2 Å². The van der Waals surface area contributed by atoms with Crippen molar-refractivity contribution in [2.75, 3.05) is 30.3 Å². The molecule has 0 aliphatic carbocycles. The van der Waals surface area contributed by atoms with Gasteiger partial charge in [0.05, 0.1) is 6.54 Å². The Balaban J connectivity index is 2.50. The number of hydrogen-bond acceptors (Lipinski definition) is 4. The molecule has 1 atom stereocenters. The summed E-state index contributed by atoms with van der Waals surface area (Å²) in [5.74, 6) is -0.879. The fourth-order valence-corrected chi connectivity index (χ4v) is 2.35. The highest BCUT2D eigenvalue weighted by molar-refractivity contribution is 5.95. The molecule has 154 valence electrons. The highest BCUT2D eigenvalue weighted by Gasteiger charge is 2.20. The second-order valence-electron chi connectivity index (χ2n) is 7.52. The van der Waals surface area contributed by atoms with Crippen molar-refractivity contribution >= 4 is 35.1 Å². The van der Waals surface area contributed by atoms with Crippen LogP contribution in [0.15, 0.2) is 24.3 Å². The van der Waals surface area contributed by atoms with Crippen LogP contribution in [0.25, 0.3) is 0 Å². The van der Waals surface area contributed by atoms with E-state index in [2.05, 4.69) is 21.3 Å². The molecule has 0 fully saturated rings. The summed E-state index contributed by atoms with van der Waals surface area (Å²) in [6.45, 7) is 9.34. The normalized spacial score (nSPS) is 11.9. The van der Waals surface area contributed by atoms with Gasteiger partial charge in [-0.3, -0.25) is 19.7 Å². The van der Waals surface area contributed by atoms with Crippen LogP contribution in [0.4, 0.5) is 16.2 Å². The van der Waals surface area contributed by atoms with E-state index in [-0.39, 0.29) is 24.9 Å². The van der Waals surface area contributed by atoms with Gasteiger partial charge in [-0.15, -0.1) is 0 Å². The molecule has 0 aromatic heterocycles. The Hall–Kier alpha value is -2.94. The first kappa shape index (κ1) is 23.1. The first-order valence-corrected chi connectivity index (χ1v) is 9.11. The monoisotopic (exact) mass is 392 g/mol. The van der Waals surface area contributed by atoms with Crippen LogP contribution in [0.5, 0.6) is 0 Å². The van der Waals surface area contributed by atoms with Crippen LogP contribution in [0.3, 0.4) is 0 Å². The van der Waals surface area contributed by atoms with E-state index < -0.39 is 17.5 Å². The summed E-state index contributed by atoms with van der Waals surface area (Å²) in [5, 5.41) is 10.3. The van der Waals surface area contributed by atoms with E-state index in [4.69, 9.17) is 0 Å². The maximum absolute atomic E-state index is 12.2. The van der Waals surface area contributed by atoms with Crippen molar-refractivity contribution in [3.8, 4) is 0 Å². The molecule has 0 saturated heterocycles. The Labute approximate surface area is 165 Å². The average Bonchev–Trinajstić information content (AvgIpc) is 2.53. The van der Waals surface area contributed by atoms with Crippen LogP contribution >= 0.6 is 0 Å². The van der Waals surface area contributed by atoms with Crippen molar-refractivity contribution in [2.24, 2.45) is 0 Å². The van der Waals surface area contributed by atoms with E-state index in [0.29, 0.717) is 22.8 Å². The third kappa shape index (κ3) is 9.67. The Bertz CT molecular complexity index is 710. The maximum Gasteiger partial charge on any atom is 0.322 e. The summed E-state index contributed by atoms with van der Waals surface area (Å²) in [4.78, 5) is 47.7. The van der Waals surface area contributed by atoms with Crippen molar-refractivity contribution in [1.29, 1.82) is 0 Å². The van der Waals surface area contributed by atoms with Crippen LogP contribution in [-0.4, -0.2) is 48.9 Å². The number of urea groups is 1. The summed E-state index contributed by atoms with van der Waals surface area (Å²) in [6, 6.07) is 6.17. The van der Waals surface area contributed by atoms with E-state index in [9.17, 15) is 19.2 Å². The van der Waals surface area contributed by atoms with Gasteiger partial charge in [0.1, 0.15) is 0 Å². The number of rotatable bonds is 7. The number of nitrogens with one attached hydrogen (secondary N) is 5. The summed E-state index contributed by atoms with van der Waals surface area (Å²) >= 11 is 0. The van der Waals surface area contributed by atoms with Gasteiger partial charge in [0.25, 0.3) is 11.8 Å². The van der Waals surface area contributed by atoms with Crippen molar-refractivity contribution in [3.63, 3.8) is 0 Å². The smallest absolute Gasteiger partial charge is 0.322 e. The molecular weight excluding hydrogens is 362 g/mol. The second kappa shape index (κ2) is 10.4. The minimum Gasteiger partial charge on any atom is -0.333 e. The zero-order valence-electron chi connectivity index (χ0n) is 17.1. The Kier molecular flexibility index (Phi) is 8.59. The molecule has 0 aliphatic rings. The van der Waals surface area contributed by atoms with Gasteiger partial charge < -0.3 is 20.9 Å². The predicted molar refractivity (Wildman–Crippen MR) is 107 cm³/mol. The molecule has 28 heavy (non-hydrogen) atoms. The number of likely N-dealkylation sites (N-methyl/N-ethyl adjacent to an activating group) is 1. The number of anilines is 2. The number of carbonyl (C=O) groups excluding carboxylic acids is 4. The van der Waals surface area contributed by atoms with Gasteiger partial charge in [-0.25, -0.2) is 4.79 Å². The van der Waals surface area contributed by atoms with Gasteiger partial charge in [-0.1, -0.05) is 0 Å². The fraction of sp³-hybridized carbons (Fsp3) is 0.474. The topological polar surface area (TPSA) is 121 Å². The summed E-state index contributed by atoms with van der Waals surface area (Å²) in [5.41, 5.74) is 0.775. The molecule has 9 heteroatoms. The molecule has 0 radical (unpaired) electrons. The van der Waals surface area contributed by atoms with E-state index in [1.807, 2.05) is 27.7 Å². The number of imide groups is 1. The third-order valence-corrected chi connectivity index (χ3v) is 3.55. The highest BCUT2D eigenvalue weighted by atomic mass is 16.2. The quantitative estimate of drug-likeness (QED) is 0.452. The van der Waals surface area contributed by atoms with Gasteiger partial charge in [-0.2, -0.15) is 0 Å². The largest absolute Gasteiger partial charge is 0.333 e. The molecule has 1 rings (SSSR count). The minimum absolute atomic E-state index is 0.00293. The first-order valence-electron chi connectivity index (χ1n) is 9.11. The molecule has 0 bridgehead atoms. The van der Waals surface area contributed by atoms with Crippen LogP contribution in [-0.2, 0) is 14.4 Å². The number of carbonyl (C=O) groups is 4. The molecule has 5 N–H and O–H groups in total. The van der Waals surface area contributed by atoms with Crippen molar-refractivity contribution in [2.45, 2.75) is 40.2 Å². The Morgan fingerprint density at radius 2 is 1.39 bits per heavy atom. The van der Waals surface area contributed by atoms with E-state index >= 15 is 0 Å². The lowest BCUT2D eigenvalue weighted by molar-refractivity contribution is -0.881. The molecule has 9 nitrogen and oxygen atoms in total. The maximum atomic E-state index is 12.2. The summed E-state index contributed by atoms with van der Waals surface area (Å²) < 4.78 is 0. The Morgan fingerprint density at radius 1 is 0.893 bits per heavy atom. The molecule has 0 saturated carbocycles. The van der Waals surface area contributed by atoms with Crippen molar-refractivity contribution in [1.82, 2.24) is 10.6 Å². The second-order valence-corrected chi connectivity index (χ2v) is 7.52. The van der Waals surface area contributed by atoms with E-state index in [1.54, 1.807) is 24.3 Å². The predicted octanol–water partition coefficient (Wildman–Crippen LogP) is 0.113. The average molecular weight is 392 g/mol. The van der Waals surface area contributed by atoms with Crippen LogP contribution in [0, 0.1) is 0 Å². The van der Waals surface area contributed by atoms with Gasteiger partial charge in [0.2, 0.25) is 5.91 Å². The molecule has 0 aliphatic heterocycles. The molecule has 1 aromatic rings. The number of quaternary nitrogens is 1. The highest BCUT2D eigenvalue weighted by Crippen LogP contribution is 2.13. The van der Waals surface area contributed by atoms with E-state index in [0.717, 1.165) is 0 Å². The Morgan fingerprint density at radius 3 is 1.86 bits per heavy atom. The number of amides is 5. The zero-order valence-corrected chi connectivity index (χ0v) is 17.1. The number of hydrogen-bond donors (Lipinski definition) is 5. The van der Waals surface area contributed by atoms with Gasteiger partial charge >= 0.3 is 6.03 Å². The van der Waals surface area contributed by atoms with Crippen LogP contribution in [0.1, 0.15) is 34.6 Å². The standard InChI is InChI=1S/C19H29N5O4/c1-6-24(12-17(27)22-18(28)23-19(3,4)5)11-16(26)21-15-9-7-14(8-10-15)20-13(2)25/h7-10H,6,11-12H2,1-5H3,(H,20,25)(H,21,26)(H2,22,23,27,28)/p+1. The molecular formula is C19H30N5O4+. The molecule has 1 unspecified atom stereocenters. The molecule has 5 amide bonds. The lowest BCUT2D eigenvalue weighted by Crippen LogP contribution is -3.14. The summed E-state index contributed by atoms with van der Waals surface area (Å²) in [7, 11) is 0. The minimum atomic E-state index is -0.559. The fourth-order valence-electron chi connectivity index (χ4n) is 2.35. The zero-order chi connectivity index (χ0) is 21.3. The van der Waals surface area contributed by atoms with E-state index in [1.165, 1.54) is 6.92 Å². The SMILES string of the molecule is CC[NH+](CC(=O)NC(=O)NC(C)(C)C)CC(=O)Nc1ccc(NC(C)=O)cc1. The third-order valence-electron chi connectivity index (χ3n) is 3.55. The molecule has 0 heterocycles. The lowest BCUT2D eigenvalue weighted by Gasteiger charge is -2.21. The van der Waals surface area contributed by atoms with Gasteiger partial charge in [0, 0.05) is 23.8 Å².